The first-order chi connectivity index (χ1) is 14.5. The molecule has 30 heavy (non-hydrogen) atoms. The first kappa shape index (κ1) is 18.7. The Balaban J connectivity index is 1.42. The van der Waals surface area contributed by atoms with E-state index in [-0.39, 0.29) is 18.4 Å². The summed E-state index contributed by atoms with van der Waals surface area (Å²) in [5.41, 5.74) is 4.42. The maximum atomic E-state index is 12.5. The van der Waals surface area contributed by atoms with E-state index in [0.717, 1.165) is 52.7 Å². The van der Waals surface area contributed by atoms with Crippen LogP contribution in [0.4, 0.5) is 0 Å². The van der Waals surface area contributed by atoms with Crippen LogP contribution in [0.2, 0.25) is 0 Å². The number of ether oxygens (including phenoxy) is 3. The van der Waals surface area contributed by atoms with E-state index in [0.29, 0.717) is 24.0 Å². The van der Waals surface area contributed by atoms with Crippen molar-refractivity contribution in [1.29, 1.82) is 0 Å². The largest absolute Gasteiger partial charge is 0.493 e. The number of carbonyl (C=O) groups excluding carboxylic acids is 2. The Morgan fingerprint density at radius 1 is 1.17 bits per heavy atom. The lowest BCUT2D eigenvalue weighted by molar-refractivity contribution is -0.133. The van der Waals surface area contributed by atoms with Crippen LogP contribution in [0.3, 0.4) is 0 Å². The van der Waals surface area contributed by atoms with Crippen LogP contribution in [0.15, 0.2) is 36.4 Å². The highest BCUT2D eigenvalue weighted by atomic mass is 16.5. The molecule has 5 rings (SSSR count). The Kier molecular flexibility index (Phi) is 4.50. The van der Waals surface area contributed by atoms with Crippen molar-refractivity contribution in [2.75, 3.05) is 13.7 Å². The van der Waals surface area contributed by atoms with Gasteiger partial charge in [-0.05, 0) is 55.2 Å². The summed E-state index contributed by atoms with van der Waals surface area (Å²) in [7, 11) is 1.38. The molecule has 1 aliphatic carbocycles. The number of esters is 2. The Morgan fingerprint density at radius 2 is 2.00 bits per heavy atom. The number of hydrogen-bond acceptors (Lipinski definition) is 5. The molecule has 2 aliphatic rings. The van der Waals surface area contributed by atoms with Gasteiger partial charge in [-0.1, -0.05) is 12.1 Å². The zero-order valence-electron chi connectivity index (χ0n) is 17.1. The van der Waals surface area contributed by atoms with Gasteiger partial charge in [0.1, 0.15) is 11.5 Å². The third-order valence-corrected chi connectivity index (χ3v) is 5.86. The molecule has 1 fully saturated rings. The normalized spacial score (nSPS) is 15.0. The fourth-order valence-electron chi connectivity index (χ4n) is 4.33. The molecule has 0 amide bonds. The average Bonchev–Trinajstić information content (AvgIpc) is 3.37. The lowest BCUT2D eigenvalue weighted by Crippen LogP contribution is -2.11. The molecule has 154 valence electrons. The van der Waals surface area contributed by atoms with Crippen molar-refractivity contribution in [3.05, 3.63) is 58.8 Å². The van der Waals surface area contributed by atoms with Gasteiger partial charge in [0.2, 0.25) is 0 Å². The topological polar surface area (TPSA) is 66.8 Å². The fraction of sp³-hybridized carbons (Fsp3) is 0.333. The Bertz CT molecular complexity index is 1170. The van der Waals surface area contributed by atoms with Crippen LogP contribution >= 0.6 is 0 Å². The van der Waals surface area contributed by atoms with Crippen LogP contribution in [-0.2, 0) is 22.4 Å². The van der Waals surface area contributed by atoms with Crippen LogP contribution in [0.1, 0.15) is 46.1 Å². The minimum absolute atomic E-state index is 0.178. The molecule has 1 aliphatic heterocycles. The number of methoxy groups -OCH3 is 1. The predicted molar refractivity (Wildman–Crippen MR) is 111 cm³/mol. The van der Waals surface area contributed by atoms with Crippen molar-refractivity contribution in [2.45, 2.75) is 38.6 Å². The number of aromatic nitrogens is 1. The van der Waals surface area contributed by atoms with Crippen molar-refractivity contribution in [2.24, 2.45) is 0 Å². The second kappa shape index (κ2) is 7.20. The number of hydrogen-bond donors (Lipinski definition) is 0. The number of nitrogens with zero attached hydrogens (tertiary/aromatic N) is 1. The third-order valence-electron chi connectivity index (χ3n) is 5.86. The van der Waals surface area contributed by atoms with Crippen molar-refractivity contribution in [3.63, 3.8) is 0 Å². The summed E-state index contributed by atoms with van der Waals surface area (Å²) in [6, 6.07) is 11.7. The molecule has 6 heteroatoms. The molecular weight excluding hydrogens is 382 g/mol. The molecule has 1 aromatic heterocycles. The quantitative estimate of drug-likeness (QED) is 0.471. The molecule has 6 nitrogen and oxygen atoms in total. The molecule has 0 atom stereocenters. The van der Waals surface area contributed by atoms with Gasteiger partial charge in [0.05, 0.1) is 25.7 Å². The summed E-state index contributed by atoms with van der Waals surface area (Å²) in [5.74, 6) is 0.602. The first-order valence-corrected chi connectivity index (χ1v) is 10.2. The zero-order valence-corrected chi connectivity index (χ0v) is 17.1. The van der Waals surface area contributed by atoms with Gasteiger partial charge in [-0.2, -0.15) is 0 Å². The molecule has 0 saturated heterocycles. The van der Waals surface area contributed by atoms with Crippen molar-refractivity contribution in [3.8, 4) is 11.5 Å². The second-order valence-corrected chi connectivity index (χ2v) is 7.92. The van der Waals surface area contributed by atoms with Gasteiger partial charge in [0.25, 0.3) is 0 Å². The molecule has 0 unspecified atom stereocenters. The van der Waals surface area contributed by atoms with Crippen LogP contribution in [0.25, 0.3) is 10.9 Å². The van der Waals surface area contributed by atoms with Crippen molar-refractivity contribution in [1.82, 2.24) is 4.57 Å². The van der Waals surface area contributed by atoms with Gasteiger partial charge < -0.3 is 18.8 Å². The number of benzene rings is 2. The van der Waals surface area contributed by atoms with E-state index in [1.54, 1.807) is 12.1 Å². The smallest absolute Gasteiger partial charge is 0.340 e. The van der Waals surface area contributed by atoms with E-state index in [1.165, 1.54) is 7.11 Å². The number of fused-ring (bicyclic) bond motifs is 2. The summed E-state index contributed by atoms with van der Waals surface area (Å²) in [5, 5.41) is 0.756. The summed E-state index contributed by atoms with van der Waals surface area (Å²) in [4.78, 5) is 25.0. The maximum absolute atomic E-state index is 12.5. The lowest BCUT2D eigenvalue weighted by Gasteiger charge is -2.08. The molecular formula is C24H23NO5. The van der Waals surface area contributed by atoms with Crippen LogP contribution < -0.4 is 9.47 Å². The van der Waals surface area contributed by atoms with Crippen molar-refractivity contribution < 1.29 is 23.8 Å². The molecule has 0 bridgehead atoms. The Labute approximate surface area is 174 Å². The van der Waals surface area contributed by atoms with Gasteiger partial charge in [-0.3, -0.25) is 4.79 Å². The summed E-state index contributed by atoms with van der Waals surface area (Å²) >= 11 is 0. The van der Waals surface area contributed by atoms with E-state index in [2.05, 4.69) is 4.57 Å². The van der Waals surface area contributed by atoms with Crippen LogP contribution in [0, 0.1) is 6.92 Å². The minimum Gasteiger partial charge on any atom is -0.493 e. The number of rotatable bonds is 5. The molecule has 3 aromatic rings. The highest BCUT2D eigenvalue weighted by molar-refractivity contribution is 6.06. The van der Waals surface area contributed by atoms with E-state index >= 15 is 0 Å². The van der Waals surface area contributed by atoms with Gasteiger partial charge >= 0.3 is 11.9 Å². The number of carbonyl (C=O) groups is 2. The van der Waals surface area contributed by atoms with E-state index in [4.69, 9.17) is 14.2 Å². The third kappa shape index (κ3) is 3.22. The fourth-order valence-corrected chi connectivity index (χ4v) is 4.33. The van der Waals surface area contributed by atoms with Gasteiger partial charge in [-0.25, -0.2) is 4.79 Å². The summed E-state index contributed by atoms with van der Waals surface area (Å²) < 4.78 is 18.3. The maximum Gasteiger partial charge on any atom is 0.340 e. The highest BCUT2D eigenvalue weighted by Crippen LogP contribution is 2.42. The first-order valence-electron chi connectivity index (χ1n) is 10.2. The molecule has 2 heterocycles. The summed E-state index contributed by atoms with van der Waals surface area (Å²) in [6.07, 6.45) is 3.25. The average molecular weight is 405 g/mol. The molecule has 0 radical (unpaired) electrons. The standard InChI is InChI=1S/C24H23NO5/c1-14-23(24(27)28-2)19-13-18(6-7-20(19)25(14)17-4-5-17)30-22(26)12-15-3-8-21-16(11-15)9-10-29-21/h3,6-8,11,13,17H,4-5,9-10,12H2,1-2H3. The van der Waals surface area contributed by atoms with Gasteiger partial charge in [0.15, 0.2) is 0 Å². The lowest BCUT2D eigenvalue weighted by atomic mass is 10.1. The molecule has 0 N–H and O–H groups in total. The monoisotopic (exact) mass is 405 g/mol. The molecule has 2 aromatic carbocycles. The van der Waals surface area contributed by atoms with E-state index < -0.39 is 0 Å². The highest BCUT2D eigenvalue weighted by Gasteiger charge is 2.30. The van der Waals surface area contributed by atoms with E-state index in [1.807, 2.05) is 31.2 Å². The Hall–Kier alpha value is -3.28. The summed E-state index contributed by atoms with van der Waals surface area (Å²) in [6.45, 7) is 2.62. The van der Waals surface area contributed by atoms with Gasteiger partial charge in [-0.15, -0.1) is 0 Å². The van der Waals surface area contributed by atoms with Crippen LogP contribution in [0.5, 0.6) is 11.5 Å². The predicted octanol–water partition coefficient (Wildman–Crippen LogP) is 4.15. The Morgan fingerprint density at radius 3 is 2.77 bits per heavy atom. The molecule has 0 spiro atoms. The van der Waals surface area contributed by atoms with Crippen LogP contribution in [-0.4, -0.2) is 30.2 Å². The minimum atomic E-state index is -0.374. The second-order valence-electron chi connectivity index (χ2n) is 7.92. The van der Waals surface area contributed by atoms with Gasteiger partial charge in [0, 0.05) is 29.1 Å². The SMILES string of the molecule is COC(=O)c1c(C)n(C2CC2)c2ccc(OC(=O)Cc3ccc4c(c3)CCO4)cc12. The van der Waals surface area contributed by atoms with E-state index in [9.17, 15) is 9.59 Å². The van der Waals surface area contributed by atoms with Crippen molar-refractivity contribution >= 4 is 22.8 Å². The zero-order chi connectivity index (χ0) is 20.8. The molecule has 1 saturated carbocycles.